The Hall–Kier alpha value is -4.90. The van der Waals surface area contributed by atoms with Gasteiger partial charge in [-0.3, -0.25) is 13.9 Å². The first-order valence-electron chi connectivity index (χ1n) is 15.1. The van der Waals surface area contributed by atoms with E-state index in [1.54, 1.807) is 0 Å². The fraction of sp³-hybridized carbons (Fsp3) is 0.278. The van der Waals surface area contributed by atoms with Crippen LogP contribution in [0.25, 0.3) is 0 Å². The lowest BCUT2D eigenvalue weighted by atomic mass is 10.0. The van der Waals surface area contributed by atoms with E-state index < -0.39 is 34.3 Å². The number of sulfonamides is 1. The molecule has 0 radical (unpaired) electrons. The number of ether oxygens (including phenoxy) is 2. The fourth-order valence-corrected chi connectivity index (χ4v) is 6.61. The predicted octanol–water partition coefficient (Wildman–Crippen LogP) is 5.51. The van der Waals surface area contributed by atoms with E-state index >= 15 is 0 Å². The highest BCUT2D eigenvalue weighted by molar-refractivity contribution is 7.92. The van der Waals surface area contributed by atoms with Gasteiger partial charge in [0.15, 0.2) is 11.5 Å². The van der Waals surface area contributed by atoms with Crippen LogP contribution in [0.4, 0.5) is 10.1 Å². The summed E-state index contributed by atoms with van der Waals surface area (Å²) >= 11 is 0. The molecule has 0 aliphatic rings. The Morgan fingerprint density at radius 2 is 1.49 bits per heavy atom. The van der Waals surface area contributed by atoms with Crippen molar-refractivity contribution in [1.82, 2.24) is 10.2 Å². The van der Waals surface area contributed by atoms with Gasteiger partial charge in [0.05, 0.1) is 24.8 Å². The first kappa shape index (κ1) is 35.0. The molecule has 2 amide bonds. The molecule has 11 heteroatoms. The SMILES string of the molecule is COc1ccc(S(=O)(=O)N(CC(=O)N(Cc2cccc(C)c2)C(Cc2ccccc2)C(=O)NC(C)C)c2ccc(F)cc2)cc1OC. The Morgan fingerprint density at radius 1 is 0.830 bits per heavy atom. The summed E-state index contributed by atoms with van der Waals surface area (Å²) in [5, 5.41) is 2.93. The Labute approximate surface area is 276 Å². The normalized spacial score (nSPS) is 11.9. The number of benzene rings is 4. The van der Waals surface area contributed by atoms with E-state index in [4.69, 9.17) is 9.47 Å². The van der Waals surface area contributed by atoms with Crippen molar-refractivity contribution < 1.29 is 31.9 Å². The van der Waals surface area contributed by atoms with Crippen LogP contribution in [-0.4, -0.2) is 58.0 Å². The van der Waals surface area contributed by atoms with Crippen molar-refractivity contribution in [2.45, 2.75) is 50.7 Å². The average Bonchev–Trinajstić information content (AvgIpc) is 3.05. The van der Waals surface area contributed by atoms with Crippen molar-refractivity contribution in [1.29, 1.82) is 0 Å². The molecule has 4 aromatic carbocycles. The third kappa shape index (κ3) is 8.88. The van der Waals surface area contributed by atoms with E-state index in [0.717, 1.165) is 33.1 Å². The first-order valence-corrected chi connectivity index (χ1v) is 16.6. The van der Waals surface area contributed by atoms with Gasteiger partial charge < -0.3 is 19.7 Å². The molecule has 0 bridgehead atoms. The van der Waals surface area contributed by atoms with E-state index in [1.165, 1.54) is 49.5 Å². The van der Waals surface area contributed by atoms with Crippen LogP contribution in [0.1, 0.15) is 30.5 Å². The Morgan fingerprint density at radius 3 is 2.11 bits per heavy atom. The van der Waals surface area contributed by atoms with Gasteiger partial charge in [0.2, 0.25) is 11.8 Å². The maximum absolute atomic E-state index is 14.5. The first-order chi connectivity index (χ1) is 22.4. The van der Waals surface area contributed by atoms with Crippen LogP contribution in [0.15, 0.2) is 102 Å². The molecule has 47 heavy (non-hydrogen) atoms. The van der Waals surface area contributed by atoms with E-state index in [2.05, 4.69) is 5.32 Å². The third-order valence-corrected chi connectivity index (χ3v) is 9.24. The number of carbonyl (C=O) groups excluding carboxylic acids is 2. The van der Waals surface area contributed by atoms with Crippen molar-refractivity contribution >= 4 is 27.5 Å². The van der Waals surface area contributed by atoms with Crippen molar-refractivity contribution in [2.75, 3.05) is 25.1 Å². The standard InChI is InChI=1S/C36H40FN3O6S/c1-25(2)38-36(42)32(21-27-11-7-6-8-12-27)39(23-28-13-9-10-26(3)20-28)35(41)24-40(30-16-14-29(37)15-17-30)47(43,44)31-18-19-33(45-4)34(22-31)46-5/h6-20,22,25,32H,21,23-24H2,1-5H3,(H,38,42). The second kappa shape index (κ2) is 15.6. The van der Waals surface area contributed by atoms with Crippen molar-refractivity contribution in [3.63, 3.8) is 0 Å². The van der Waals surface area contributed by atoms with Gasteiger partial charge in [-0.2, -0.15) is 0 Å². The maximum Gasteiger partial charge on any atom is 0.264 e. The largest absolute Gasteiger partial charge is 0.493 e. The number of hydrogen-bond donors (Lipinski definition) is 1. The number of carbonyl (C=O) groups is 2. The van der Waals surface area contributed by atoms with Crippen LogP contribution in [0.2, 0.25) is 0 Å². The van der Waals surface area contributed by atoms with Crippen LogP contribution in [0.3, 0.4) is 0 Å². The van der Waals surface area contributed by atoms with Crippen LogP contribution < -0.4 is 19.1 Å². The quantitative estimate of drug-likeness (QED) is 0.191. The highest BCUT2D eigenvalue weighted by Gasteiger charge is 2.35. The Kier molecular flexibility index (Phi) is 11.6. The monoisotopic (exact) mass is 661 g/mol. The lowest BCUT2D eigenvalue weighted by molar-refractivity contribution is -0.140. The molecule has 1 N–H and O–H groups in total. The van der Waals surface area contributed by atoms with E-state index in [-0.39, 0.29) is 41.2 Å². The van der Waals surface area contributed by atoms with Crippen molar-refractivity contribution in [2.24, 2.45) is 0 Å². The van der Waals surface area contributed by atoms with E-state index in [0.29, 0.717) is 5.75 Å². The lowest BCUT2D eigenvalue weighted by Gasteiger charge is -2.34. The molecule has 1 unspecified atom stereocenters. The molecule has 0 heterocycles. The van der Waals surface area contributed by atoms with Crippen LogP contribution >= 0.6 is 0 Å². The average molecular weight is 662 g/mol. The second-order valence-corrected chi connectivity index (χ2v) is 13.2. The molecular weight excluding hydrogens is 621 g/mol. The summed E-state index contributed by atoms with van der Waals surface area (Å²) in [6.45, 7) is 4.95. The highest BCUT2D eigenvalue weighted by atomic mass is 32.2. The predicted molar refractivity (Wildman–Crippen MR) is 179 cm³/mol. The fourth-order valence-electron chi connectivity index (χ4n) is 5.18. The van der Waals surface area contributed by atoms with Gasteiger partial charge in [-0.1, -0.05) is 60.2 Å². The number of anilines is 1. The number of rotatable bonds is 14. The van der Waals surface area contributed by atoms with E-state index in [1.807, 2.05) is 75.4 Å². The number of nitrogens with zero attached hydrogens (tertiary/aromatic N) is 2. The number of methoxy groups -OCH3 is 2. The molecule has 0 aliphatic carbocycles. The summed E-state index contributed by atoms with van der Waals surface area (Å²) in [6, 6.07) is 24.6. The molecule has 0 saturated heterocycles. The van der Waals surface area contributed by atoms with Crippen LogP contribution in [-0.2, 0) is 32.6 Å². The molecule has 0 aromatic heterocycles. The van der Waals surface area contributed by atoms with Gasteiger partial charge in [0.1, 0.15) is 18.4 Å². The molecule has 248 valence electrons. The summed E-state index contributed by atoms with van der Waals surface area (Å²) in [5.74, 6) is -1.08. The highest BCUT2D eigenvalue weighted by Crippen LogP contribution is 2.32. The molecule has 4 aromatic rings. The molecule has 0 spiro atoms. The molecule has 9 nitrogen and oxygen atoms in total. The molecule has 4 rings (SSSR count). The van der Waals surface area contributed by atoms with Gasteiger partial charge in [-0.15, -0.1) is 0 Å². The summed E-state index contributed by atoms with van der Waals surface area (Å²) in [7, 11) is -1.62. The molecule has 0 aliphatic heterocycles. The third-order valence-electron chi connectivity index (χ3n) is 7.47. The summed E-state index contributed by atoms with van der Waals surface area (Å²) in [4.78, 5) is 29.6. The smallest absolute Gasteiger partial charge is 0.264 e. The minimum absolute atomic E-state index is 0.0389. The lowest BCUT2D eigenvalue weighted by Crippen LogP contribution is -2.54. The number of halogens is 1. The zero-order valence-corrected chi connectivity index (χ0v) is 28.0. The van der Waals surface area contributed by atoms with Crippen molar-refractivity contribution in [3.8, 4) is 11.5 Å². The second-order valence-electron chi connectivity index (χ2n) is 11.4. The van der Waals surface area contributed by atoms with Gasteiger partial charge in [-0.25, -0.2) is 12.8 Å². The minimum atomic E-state index is -4.43. The van der Waals surface area contributed by atoms with E-state index in [9.17, 15) is 22.4 Å². The number of amides is 2. The summed E-state index contributed by atoms with van der Waals surface area (Å²) < 4.78 is 54.1. The van der Waals surface area contributed by atoms with Gasteiger partial charge in [-0.05, 0) is 68.3 Å². The van der Waals surface area contributed by atoms with Crippen molar-refractivity contribution in [3.05, 3.63) is 120 Å². The summed E-state index contributed by atoms with van der Waals surface area (Å²) in [5.41, 5.74) is 2.62. The topological polar surface area (TPSA) is 105 Å². The van der Waals surface area contributed by atoms with Crippen LogP contribution in [0, 0.1) is 12.7 Å². The number of hydrogen-bond acceptors (Lipinski definition) is 6. The molecular formula is C36H40FN3O6S. The maximum atomic E-state index is 14.5. The zero-order chi connectivity index (χ0) is 34.1. The Balaban J connectivity index is 1.83. The molecule has 1 atom stereocenters. The van der Waals surface area contributed by atoms with Gasteiger partial charge >= 0.3 is 0 Å². The number of aryl methyl sites for hydroxylation is 1. The minimum Gasteiger partial charge on any atom is -0.493 e. The van der Waals surface area contributed by atoms with Gasteiger partial charge in [0.25, 0.3) is 10.0 Å². The zero-order valence-electron chi connectivity index (χ0n) is 27.1. The number of nitrogens with one attached hydrogen (secondary N) is 1. The van der Waals surface area contributed by atoms with Crippen LogP contribution in [0.5, 0.6) is 11.5 Å². The Bertz CT molecular complexity index is 1780. The summed E-state index contributed by atoms with van der Waals surface area (Å²) in [6.07, 6.45) is 0.190. The molecule has 0 fully saturated rings. The molecule has 0 saturated carbocycles. The van der Waals surface area contributed by atoms with Gasteiger partial charge in [0, 0.05) is 25.1 Å².